The fraction of sp³-hybridized carbons (Fsp3) is 0. The Morgan fingerprint density at radius 3 is 2.85 bits per heavy atom. The lowest BCUT2D eigenvalue weighted by atomic mass is 10.3. The monoisotopic (exact) mass is 211 g/mol. The summed E-state index contributed by atoms with van der Waals surface area (Å²) in [6.45, 7) is 0. The van der Waals surface area contributed by atoms with E-state index in [0.717, 1.165) is 14.9 Å². The normalized spacial score (nSPS) is 10.2. The lowest BCUT2D eigenvalue weighted by Gasteiger charge is -1.95. The van der Waals surface area contributed by atoms with Crippen LogP contribution in [0.15, 0.2) is 24.4 Å². The van der Waals surface area contributed by atoms with E-state index in [-0.39, 0.29) is 0 Å². The van der Waals surface area contributed by atoms with Gasteiger partial charge in [0.1, 0.15) is 5.69 Å². The highest BCUT2D eigenvalue weighted by Gasteiger charge is 2.03. The van der Waals surface area contributed by atoms with Crippen molar-refractivity contribution < 1.29 is 0 Å². The van der Waals surface area contributed by atoms with Crippen molar-refractivity contribution >= 4 is 28.6 Å². The Kier molecular flexibility index (Phi) is 2.16. The minimum atomic E-state index is 0.606. The summed E-state index contributed by atoms with van der Waals surface area (Å²) in [5, 5.41) is 7.70. The number of nitrogens with zero attached hydrogens (tertiary/aromatic N) is 2. The summed E-state index contributed by atoms with van der Waals surface area (Å²) in [7, 11) is 0. The summed E-state index contributed by atoms with van der Waals surface area (Å²) in [6.07, 6.45) is 1.51. The molecule has 2 N–H and O–H groups in total. The highest BCUT2D eigenvalue weighted by molar-refractivity contribution is 7.19. The standard InChI is InChI=1S/C8H6ClN3S/c9-8-2-1-7(13-8)6-3-5(10)4-11-12-6/h1-4H,(H2,10,12). The van der Waals surface area contributed by atoms with Gasteiger partial charge in [0.05, 0.1) is 21.1 Å². The van der Waals surface area contributed by atoms with Crippen LogP contribution in [-0.4, -0.2) is 10.2 Å². The van der Waals surface area contributed by atoms with E-state index in [4.69, 9.17) is 17.3 Å². The second-order valence-electron chi connectivity index (χ2n) is 2.48. The molecule has 13 heavy (non-hydrogen) atoms. The van der Waals surface area contributed by atoms with Gasteiger partial charge in [-0.1, -0.05) is 11.6 Å². The van der Waals surface area contributed by atoms with E-state index in [1.54, 1.807) is 6.07 Å². The summed E-state index contributed by atoms with van der Waals surface area (Å²) in [5.74, 6) is 0. The Morgan fingerprint density at radius 2 is 2.23 bits per heavy atom. The number of nitrogens with two attached hydrogens (primary N) is 1. The molecular formula is C8H6ClN3S. The molecule has 0 unspecified atom stereocenters. The Balaban J connectivity index is 2.46. The zero-order valence-corrected chi connectivity index (χ0v) is 8.14. The van der Waals surface area contributed by atoms with Gasteiger partial charge in [0.2, 0.25) is 0 Å². The zero-order valence-electron chi connectivity index (χ0n) is 6.57. The predicted octanol–water partition coefficient (Wildman–Crippen LogP) is 2.44. The van der Waals surface area contributed by atoms with E-state index in [9.17, 15) is 0 Å². The first-order chi connectivity index (χ1) is 6.25. The fourth-order valence-corrected chi connectivity index (χ4v) is 1.95. The molecule has 0 aliphatic carbocycles. The van der Waals surface area contributed by atoms with Crippen LogP contribution < -0.4 is 5.73 Å². The molecule has 0 aliphatic heterocycles. The van der Waals surface area contributed by atoms with Crippen molar-refractivity contribution in [3.05, 3.63) is 28.7 Å². The van der Waals surface area contributed by atoms with Crippen molar-refractivity contribution in [1.82, 2.24) is 10.2 Å². The number of hydrogen-bond donors (Lipinski definition) is 1. The number of anilines is 1. The average molecular weight is 212 g/mol. The van der Waals surface area contributed by atoms with Crippen molar-refractivity contribution in [2.75, 3.05) is 5.73 Å². The number of rotatable bonds is 1. The molecule has 66 valence electrons. The van der Waals surface area contributed by atoms with E-state index in [2.05, 4.69) is 10.2 Å². The van der Waals surface area contributed by atoms with Crippen molar-refractivity contribution in [2.45, 2.75) is 0 Å². The number of halogens is 1. The number of aromatic nitrogens is 2. The molecule has 0 saturated heterocycles. The molecule has 0 aromatic carbocycles. The quantitative estimate of drug-likeness (QED) is 0.788. The number of nitrogen functional groups attached to an aromatic ring is 1. The smallest absolute Gasteiger partial charge is 0.105 e. The predicted molar refractivity (Wildman–Crippen MR) is 54.8 cm³/mol. The minimum Gasteiger partial charge on any atom is -0.397 e. The second-order valence-corrected chi connectivity index (χ2v) is 4.19. The van der Waals surface area contributed by atoms with Crippen LogP contribution in [0, 0.1) is 0 Å². The maximum atomic E-state index is 5.79. The van der Waals surface area contributed by atoms with E-state index in [1.807, 2.05) is 12.1 Å². The number of hydrogen-bond acceptors (Lipinski definition) is 4. The fourth-order valence-electron chi connectivity index (χ4n) is 0.954. The van der Waals surface area contributed by atoms with Crippen LogP contribution in [0.4, 0.5) is 5.69 Å². The molecule has 0 saturated carbocycles. The van der Waals surface area contributed by atoms with Crippen LogP contribution in [0.1, 0.15) is 0 Å². The van der Waals surface area contributed by atoms with E-state index >= 15 is 0 Å². The Morgan fingerprint density at radius 1 is 1.38 bits per heavy atom. The van der Waals surface area contributed by atoms with Gasteiger partial charge in [-0.2, -0.15) is 5.10 Å². The molecule has 5 heteroatoms. The van der Waals surface area contributed by atoms with Crippen LogP contribution in [-0.2, 0) is 0 Å². The molecule has 3 nitrogen and oxygen atoms in total. The SMILES string of the molecule is Nc1cnnc(-c2ccc(Cl)s2)c1. The molecular weight excluding hydrogens is 206 g/mol. The third-order valence-electron chi connectivity index (χ3n) is 1.50. The summed E-state index contributed by atoms with van der Waals surface area (Å²) in [5.41, 5.74) is 6.94. The van der Waals surface area contributed by atoms with E-state index in [1.165, 1.54) is 17.5 Å². The van der Waals surface area contributed by atoms with Gasteiger partial charge in [-0.15, -0.1) is 16.4 Å². The molecule has 0 fully saturated rings. The van der Waals surface area contributed by atoms with Crippen LogP contribution in [0.5, 0.6) is 0 Å². The third kappa shape index (κ3) is 1.79. The number of thiophene rings is 1. The molecule has 2 aromatic rings. The first-order valence-electron chi connectivity index (χ1n) is 3.59. The van der Waals surface area contributed by atoms with Gasteiger partial charge in [-0.25, -0.2) is 0 Å². The van der Waals surface area contributed by atoms with Gasteiger partial charge in [0.15, 0.2) is 0 Å². The third-order valence-corrected chi connectivity index (χ3v) is 2.75. The van der Waals surface area contributed by atoms with E-state index < -0.39 is 0 Å². The van der Waals surface area contributed by atoms with E-state index in [0.29, 0.717) is 5.69 Å². The summed E-state index contributed by atoms with van der Waals surface area (Å²) in [4.78, 5) is 0.977. The molecule has 0 radical (unpaired) electrons. The molecule has 2 aromatic heterocycles. The zero-order chi connectivity index (χ0) is 9.26. The molecule has 0 aliphatic rings. The lowest BCUT2D eigenvalue weighted by Crippen LogP contribution is -1.90. The first kappa shape index (κ1) is 8.47. The maximum Gasteiger partial charge on any atom is 0.105 e. The van der Waals surface area contributed by atoms with Crippen LogP contribution in [0.3, 0.4) is 0 Å². The molecule has 0 spiro atoms. The second kappa shape index (κ2) is 3.32. The summed E-state index contributed by atoms with van der Waals surface area (Å²) >= 11 is 7.25. The van der Waals surface area contributed by atoms with Crippen molar-refractivity contribution in [2.24, 2.45) is 0 Å². The van der Waals surface area contributed by atoms with Gasteiger partial charge in [-0.05, 0) is 18.2 Å². The van der Waals surface area contributed by atoms with Gasteiger partial charge < -0.3 is 5.73 Å². The molecule has 0 amide bonds. The van der Waals surface area contributed by atoms with Gasteiger partial charge in [-0.3, -0.25) is 0 Å². The highest BCUT2D eigenvalue weighted by atomic mass is 35.5. The highest BCUT2D eigenvalue weighted by Crippen LogP contribution is 2.29. The molecule has 2 heterocycles. The Labute approximate surface area is 84.2 Å². The van der Waals surface area contributed by atoms with Crippen molar-refractivity contribution in [1.29, 1.82) is 0 Å². The van der Waals surface area contributed by atoms with Gasteiger partial charge in [0.25, 0.3) is 0 Å². The van der Waals surface area contributed by atoms with Crippen LogP contribution >= 0.6 is 22.9 Å². The van der Waals surface area contributed by atoms with Crippen molar-refractivity contribution in [3.8, 4) is 10.6 Å². The van der Waals surface area contributed by atoms with Crippen LogP contribution in [0.25, 0.3) is 10.6 Å². The molecule has 2 rings (SSSR count). The van der Waals surface area contributed by atoms with Gasteiger partial charge >= 0.3 is 0 Å². The Hall–Kier alpha value is -1.13. The van der Waals surface area contributed by atoms with Gasteiger partial charge in [0, 0.05) is 0 Å². The minimum absolute atomic E-state index is 0.606. The average Bonchev–Trinajstić information content (AvgIpc) is 2.52. The first-order valence-corrected chi connectivity index (χ1v) is 4.79. The Bertz CT molecular complexity index is 427. The molecule has 0 atom stereocenters. The summed E-state index contributed by atoms with van der Waals surface area (Å²) < 4.78 is 0.735. The van der Waals surface area contributed by atoms with Crippen LogP contribution in [0.2, 0.25) is 4.34 Å². The largest absolute Gasteiger partial charge is 0.397 e. The van der Waals surface area contributed by atoms with Crippen molar-refractivity contribution in [3.63, 3.8) is 0 Å². The molecule has 0 bridgehead atoms. The topological polar surface area (TPSA) is 51.8 Å². The lowest BCUT2D eigenvalue weighted by molar-refractivity contribution is 1.04. The maximum absolute atomic E-state index is 5.79. The summed E-state index contributed by atoms with van der Waals surface area (Å²) in [6, 6.07) is 5.50.